The molecule has 0 rings (SSSR count). The molecule has 0 heterocycles. The highest BCUT2D eigenvalue weighted by Crippen LogP contribution is 2.17. The maximum absolute atomic E-state index is 13.0. The van der Waals surface area contributed by atoms with Crippen molar-refractivity contribution < 1.29 is 28.6 Å². The van der Waals surface area contributed by atoms with Crippen molar-refractivity contribution in [2.24, 2.45) is 0 Å². The van der Waals surface area contributed by atoms with E-state index in [-0.39, 0.29) is 31.1 Å². The van der Waals surface area contributed by atoms with Gasteiger partial charge in [-0.2, -0.15) is 0 Å². The van der Waals surface area contributed by atoms with Gasteiger partial charge in [0.05, 0.1) is 0 Å². The molecule has 474 valence electrons. The van der Waals surface area contributed by atoms with E-state index in [1.807, 2.05) is 0 Å². The third kappa shape index (κ3) is 68.5. The minimum absolute atomic E-state index is 0.0881. The van der Waals surface area contributed by atoms with Crippen LogP contribution in [0.4, 0.5) is 0 Å². The number of unbranched alkanes of at least 4 members (excludes halogenated alkanes) is 32. The Labute approximate surface area is 513 Å². The number of ether oxygens (including phenoxy) is 3. The van der Waals surface area contributed by atoms with E-state index in [0.29, 0.717) is 19.3 Å². The average Bonchev–Trinajstić information content (AvgIpc) is 3.49. The molecule has 0 bridgehead atoms. The predicted molar refractivity (Wildman–Crippen MR) is 362 cm³/mol. The Morgan fingerprint density at radius 2 is 0.470 bits per heavy atom. The Hall–Kier alpha value is -4.19. The van der Waals surface area contributed by atoms with Crippen molar-refractivity contribution in [1.29, 1.82) is 0 Å². The molecule has 0 N–H and O–H groups in total. The second kappa shape index (κ2) is 70.3. The Morgan fingerprint density at radius 1 is 0.253 bits per heavy atom. The van der Waals surface area contributed by atoms with Crippen LogP contribution in [0.25, 0.3) is 0 Å². The van der Waals surface area contributed by atoms with E-state index in [1.165, 1.54) is 148 Å². The van der Waals surface area contributed by atoms with E-state index in [1.54, 1.807) is 0 Å². The molecule has 0 saturated heterocycles. The molecule has 6 nitrogen and oxygen atoms in total. The van der Waals surface area contributed by atoms with E-state index in [0.717, 1.165) is 141 Å². The third-order valence-corrected chi connectivity index (χ3v) is 14.9. The molecule has 0 aromatic heterocycles. The lowest BCUT2D eigenvalue weighted by Crippen LogP contribution is -2.30. The van der Waals surface area contributed by atoms with Gasteiger partial charge in [-0.05, 0) is 128 Å². The maximum Gasteiger partial charge on any atom is 0.306 e. The highest BCUT2D eigenvalue weighted by Gasteiger charge is 2.19. The fraction of sp³-hybridized carbons (Fsp3) is 0.701. The first-order chi connectivity index (χ1) is 41.0. The van der Waals surface area contributed by atoms with Gasteiger partial charge in [0.15, 0.2) is 6.10 Å². The molecular weight excluding hydrogens is 1020 g/mol. The SMILES string of the molecule is CC/C=C\C/C=C\C/C=C\C/C=C\C/C=C\CCCCCCCCCCCC(=O)OCC(COC(=O)CCCCCCC/C=C\C/C=C\C/C=C\CC)OC(=O)CCCCCCCCCCCCCCC/C=C\C/C=C\CCCCCCC. The van der Waals surface area contributed by atoms with Crippen LogP contribution in [0.2, 0.25) is 0 Å². The Balaban J connectivity index is 4.36. The van der Waals surface area contributed by atoms with Gasteiger partial charge < -0.3 is 14.2 Å². The van der Waals surface area contributed by atoms with Gasteiger partial charge in [0.25, 0.3) is 0 Å². The summed E-state index contributed by atoms with van der Waals surface area (Å²) in [5, 5.41) is 0. The molecular formula is C77H130O6. The topological polar surface area (TPSA) is 78.9 Å². The first-order valence-electron chi connectivity index (χ1n) is 35.0. The lowest BCUT2D eigenvalue weighted by atomic mass is 10.0. The molecule has 0 aromatic rings. The smallest absolute Gasteiger partial charge is 0.306 e. The van der Waals surface area contributed by atoms with Crippen molar-refractivity contribution in [1.82, 2.24) is 0 Å². The Kier molecular flexibility index (Phi) is 66.7. The van der Waals surface area contributed by atoms with Gasteiger partial charge in [-0.1, -0.05) is 303 Å². The number of carbonyl (C=O) groups excluding carboxylic acids is 3. The van der Waals surface area contributed by atoms with Crippen LogP contribution < -0.4 is 0 Å². The van der Waals surface area contributed by atoms with E-state index >= 15 is 0 Å². The first-order valence-corrected chi connectivity index (χ1v) is 35.0. The summed E-state index contributed by atoms with van der Waals surface area (Å²) in [6.45, 7) is 6.42. The van der Waals surface area contributed by atoms with Gasteiger partial charge in [0.1, 0.15) is 13.2 Å². The summed E-state index contributed by atoms with van der Waals surface area (Å²) in [4.78, 5) is 38.5. The largest absolute Gasteiger partial charge is 0.462 e. The number of hydrogen-bond donors (Lipinski definition) is 0. The van der Waals surface area contributed by atoms with E-state index in [9.17, 15) is 14.4 Å². The molecule has 0 spiro atoms. The van der Waals surface area contributed by atoms with Crippen molar-refractivity contribution in [2.45, 2.75) is 335 Å². The monoisotopic (exact) mass is 1150 g/mol. The standard InChI is InChI=1S/C77H130O6/c1-4-7-10-13-16-19-22-25-28-30-32-34-36-38-40-42-44-46-49-52-55-58-61-64-67-70-76(79)82-73-74(72-81-75(78)69-66-63-60-57-54-51-48-27-24-21-18-15-12-9-6-3)83-77(80)71-68-65-62-59-56-53-50-47-45-43-41-39-37-35-33-31-29-26-23-20-17-14-11-8-5-2/h7,9-10,12,16,18-19,21,23,25-28,31-34,38,40,48,74H,4-6,8,11,13-15,17,20,22,24,29-30,35-37,39,41-47,49-73H2,1-3H3/b10-7-,12-9-,19-16-,21-18-,26-23-,28-25-,33-31-,34-32-,40-38-,48-27-. The summed E-state index contributed by atoms with van der Waals surface area (Å²) in [7, 11) is 0. The number of rotatable bonds is 63. The van der Waals surface area contributed by atoms with Crippen molar-refractivity contribution in [2.75, 3.05) is 13.2 Å². The molecule has 0 saturated carbocycles. The highest BCUT2D eigenvalue weighted by molar-refractivity contribution is 5.71. The molecule has 0 radical (unpaired) electrons. The minimum Gasteiger partial charge on any atom is -0.462 e. The summed E-state index contributed by atoms with van der Waals surface area (Å²) >= 11 is 0. The molecule has 1 atom stereocenters. The minimum atomic E-state index is -0.793. The van der Waals surface area contributed by atoms with Crippen LogP contribution >= 0.6 is 0 Å². The summed E-state index contributed by atoms with van der Waals surface area (Å²) in [6.07, 6.45) is 97.9. The van der Waals surface area contributed by atoms with Gasteiger partial charge in [-0.25, -0.2) is 0 Å². The molecule has 0 aliphatic heterocycles. The summed E-state index contributed by atoms with van der Waals surface area (Å²) in [6, 6.07) is 0. The fourth-order valence-corrected chi connectivity index (χ4v) is 9.75. The van der Waals surface area contributed by atoms with Crippen molar-refractivity contribution >= 4 is 17.9 Å². The van der Waals surface area contributed by atoms with E-state index in [2.05, 4.69) is 142 Å². The van der Waals surface area contributed by atoms with E-state index in [4.69, 9.17) is 14.2 Å². The van der Waals surface area contributed by atoms with Crippen LogP contribution in [-0.2, 0) is 28.6 Å². The van der Waals surface area contributed by atoms with Crippen molar-refractivity contribution in [3.8, 4) is 0 Å². The van der Waals surface area contributed by atoms with Crippen LogP contribution in [0, 0.1) is 0 Å². The number of esters is 3. The van der Waals surface area contributed by atoms with Gasteiger partial charge in [-0.15, -0.1) is 0 Å². The maximum atomic E-state index is 13.0. The van der Waals surface area contributed by atoms with Gasteiger partial charge in [0.2, 0.25) is 0 Å². The Bertz CT molecular complexity index is 1700. The average molecular weight is 1150 g/mol. The molecule has 0 fully saturated rings. The molecule has 0 amide bonds. The summed E-state index contributed by atoms with van der Waals surface area (Å²) in [5.41, 5.74) is 0. The Morgan fingerprint density at radius 3 is 0.735 bits per heavy atom. The van der Waals surface area contributed by atoms with Gasteiger partial charge in [-0.3, -0.25) is 14.4 Å². The second-order valence-corrected chi connectivity index (χ2v) is 23.0. The van der Waals surface area contributed by atoms with Crippen LogP contribution in [0.15, 0.2) is 122 Å². The van der Waals surface area contributed by atoms with E-state index < -0.39 is 6.10 Å². The summed E-state index contributed by atoms with van der Waals surface area (Å²) < 4.78 is 17.0. The molecule has 1 unspecified atom stereocenters. The molecule has 0 aliphatic carbocycles. The first kappa shape index (κ1) is 78.8. The zero-order chi connectivity index (χ0) is 59.9. The normalized spacial score (nSPS) is 12.9. The number of allylic oxidation sites excluding steroid dienone is 20. The number of carbonyl (C=O) groups is 3. The highest BCUT2D eigenvalue weighted by atomic mass is 16.6. The zero-order valence-corrected chi connectivity index (χ0v) is 54.4. The molecule has 83 heavy (non-hydrogen) atoms. The lowest BCUT2D eigenvalue weighted by molar-refractivity contribution is -0.167. The van der Waals surface area contributed by atoms with Crippen molar-refractivity contribution in [3.05, 3.63) is 122 Å². The number of hydrogen-bond acceptors (Lipinski definition) is 6. The van der Waals surface area contributed by atoms with Crippen LogP contribution in [0.5, 0.6) is 0 Å². The van der Waals surface area contributed by atoms with Crippen molar-refractivity contribution in [3.63, 3.8) is 0 Å². The van der Waals surface area contributed by atoms with Crippen LogP contribution in [0.1, 0.15) is 329 Å². The molecule has 0 aliphatic rings. The second-order valence-electron chi connectivity index (χ2n) is 23.0. The van der Waals surface area contributed by atoms with Gasteiger partial charge >= 0.3 is 17.9 Å². The molecule has 6 heteroatoms. The van der Waals surface area contributed by atoms with Crippen LogP contribution in [-0.4, -0.2) is 37.2 Å². The van der Waals surface area contributed by atoms with Gasteiger partial charge in [0, 0.05) is 19.3 Å². The quantitative estimate of drug-likeness (QED) is 0.0261. The molecule has 0 aromatic carbocycles. The summed E-state index contributed by atoms with van der Waals surface area (Å²) in [5.74, 6) is -0.901. The lowest BCUT2D eigenvalue weighted by Gasteiger charge is -2.18. The zero-order valence-electron chi connectivity index (χ0n) is 54.4. The van der Waals surface area contributed by atoms with Crippen LogP contribution in [0.3, 0.4) is 0 Å². The fourth-order valence-electron chi connectivity index (χ4n) is 9.75. The predicted octanol–water partition coefficient (Wildman–Crippen LogP) is 24.3. The third-order valence-electron chi connectivity index (χ3n) is 14.9.